The van der Waals surface area contributed by atoms with E-state index in [-0.39, 0.29) is 0 Å². The van der Waals surface area contributed by atoms with E-state index >= 15 is 0 Å². The minimum Gasteiger partial charge on any atom is -0.391 e. The second-order valence-electron chi connectivity index (χ2n) is 6.26. The van der Waals surface area contributed by atoms with Crippen molar-refractivity contribution in [1.29, 1.82) is 0 Å². The Bertz CT molecular complexity index is 236. The molecule has 0 aliphatic heterocycles. The molecule has 2 fully saturated rings. The van der Waals surface area contributed by atoms with Gasteiger partial charge in [-0.1, -0.05) is 19.6 Å². The van der Waals surface area contributed by atoms with E-state index in [1.807, 2.05) is 0 Å². The summed E-state index contributed by atoms with van der Waals surface area (Å²) in [5.74, 6) is 1.06. The van der Waals surface area contributed by atoms with Gasteiger partial charge < -0.3 is 10.2 Å². The predicted molar refractivity (Wildman–Crippen MR) is 59.8 cm³/mol. The topological polar surface area (TPSA) is 40.5 Å². The molecule has 2 aliphatic carbocycles. The van der Waals surface area contributed by atoms with E-state index in [1.165, 1.54) is 6.42 Å². The lowest BCUT2D eigenvalue weighted by atomic mass is 9.84. The molecular weight excluding hydrogens is 192 g/mol. The number of aliphatic hydroxyl groups excluding tert-OH is 1. The van der Waals surface area contributed by atoms with Crippen LogP contribution >= 0.6 is 0 Å². The molecule has 0 amide bonds. The van der Waals surface area contributed by atoms with Crippen LogP contribution < -0.4 is 0 Å². The lowest BCUT2D eigenvalue weighted by molar-refractivity contribution is -0.0790. The van der Waals surface area contributed by atoms with Crippen LogP contribution in [0.15, 0.2) is 0 Å². The Balaban J connectivity index is 2.28. The first-order valence-corrected chi connectivity index (χ1v) is 9.25. The smallest absolute Gasteiger partial charge is 0.0854 e. The van der Waals surface area contributed by atoms with Crippen molar-refractivity contribution >= 4 is 8.07 Å². The van der Waals surface area contributed by atoms with Gasteiger partial charge in [0.25, 0.3) is 0 Å². The zero-order valence-corrected chi connectivity index (χ0v) is 10.5. The maximum Gasteiger partial charge on any atom is 0.0854 e. The molecule has 82 valence electrons. The molecule has 4 unspecified atom stereocenters. The van der Waals surface area contributed by atoms with Crippen LogP contribution in [0.1, 0.15) is 25.7 Å². The molecular formula is C11H22O2Si. The van der Waals surface area contributed by atoms with Gasteiger partial charge in [0.1, 0.15) is 0 Å². The van der Waals surface area contributed by atoms with Gasteiger partial charge in [-0.25, -0.2) is 0 Å². The highest BCUT2D eigenvalue weighted by molar-refractivity contribution is 6.79. The van der Waals surface area contributed by atoms with Crippen molar-refractivity contribution in [3.05, 3.63) is 0 Å². The maximum absolute atomic E-state index is 10.7. The summed E-state index contributed by atoms with van der Waals surface area (Å²) in [6.07, 6.45) is 3.88. The Morgan fingerprint density at radius 1 is 1.21 bits per heavy atom. The Kier molecular flexibility index (Phi) is 2.33. The number of hydrogen-bond acceptors (Lipinski definition) is 2. The Hall–Kier alpha value is 0.137. The van der Waals surface area contributed by atoms with Gasteiger partial charge in [0, 0.05) is 0 Å². The molecule has 2 nitrogen and oxygen atoms in total. The van der Waals surface area contributed by atoms with E-state index in [0.29, 0.717) is 11.8 Å². The van der Waals surface area contributed by atoms with Gasteiger partial charge in [0.05, 0.1) is 19.4 Å². The maximum atomic E-state index is 10.7. The molecule has 0 aromatic heterocycles. The monoisotopic (exact) mass is 214 g/mol. The number of fused-ring (bicyclic) bond motifs is 2. The minimum absolute atomic E-state index is 0.380. The van der Waals surface area contributed by atoms with E-state index in [4.69, 9.17) is 0 Å². The van der Waals surface area contributed by atoms with Gasteiger partial charge in [-0.15, -0.1) is 0 Å². The van der Waals surface area contributed by atoms with Crippen molar-refractivity contribution in [1.82, 2.24) is 0 Å². The van der Waals surface area contributed by atoms with E-state index in [2.05, 4.69) is 19.6 Å². The SMILES string of the molecule is C[Si](C)(C)C1(O)CC2CCC(C2)C1O. The van der Waals surface area contributed by atoms with Crippen molar-refractivity contribution in [3.63, 3.8) is 0 Å². The van der Waals surface area contributed by atoms with Gasteiger partial charge in [0.15, 0.2) is 0 Å². The minimum atomic E-state index is -1.68. The number of aliphatic hydroxyl groups is 2. The molecule has 2 N–H and O–H groups in total. The van der Waals surface area contributed by atoms with Crippen molar-refractivity contribution in [3.8, 4) is 0 Å². The van der Waals surface area contributed by atoms with Crippen LogP contribution in [-0.2, 0) is 0 Å². The van der Waals surface area contributed by atoms with Gasteiger partial charge in [-0.3, -0.25) is 0 Å². The summed E-state index contributed by atoms with van der Waals surface area (Å²) in [5, 5.41) is 20.2. The first-order chi connectivity index (χ1) is 6.34. The van der Waals surface area contributed by atoms with Crippen molar-refractivity contribution in [2.45, 2.75) is 56.7 Å². The van der Waals surface area contributed by atoms with Crippen molar-refractivity contribution in [2.75, 3.05) is 0 Å². The molecule has 2 rings (SSSR count). The van der Waals surface area contributed by atoms with E-state index in [0.717, 1.165) is 19.3 Å². The lowest BCUT2D eigenvalue weighted by Gasteiger charge is -2.48. The summed E-state index contributed by atoms with van der Waals surface area (Å²) >= 11 is 0. The molecule has 0 spiro atoms. The quantitative estimate of drug-likeness (QED) is 0.653. The van der Waals surface area contributed by atoms with Gasteiger partial charge in [-0.05, 0) is 37.5 Å². The van der Waals surface area contributed by atoms with Crippen molar-refractivity contribution < 1.29 is 10.2 Å². The average molecular weight is 214 g/mol. The van der Waals surface area contributed by atoms with E-state index in [9.17, 15) is 10.2 Å². The van der Waals surface area contributed by atoms with Crippen LogP contribution in [0.3, 0.4) is 0 Å². The third kappa shape index (κ3) is 1.37. The largest absolute Gasteiger partial charge is 0.391 e. The third-order valence-corrected chi connectivity index (χ3v) is 7.51. The molecule has 0 saturated heterocycles. The highest BCUT2D eigenvalue weighted by Gasteiger charge is 2.55. The van der Waals surface area contributed by atoms with Gasteiger partial charge >= 0.3 is 0 Å². The van der Waals surface area contributed by atoms with E-state index in [1.54, 1.807) is 0 Å². The van der Waals surface area contributed by atoms with Gasteiger partial charge in [-0.2, -0.15) is 0 Å². The second kappa shape index (κ2) is 3.06. The summed E-state index contributed by atoms with van der Waals surface area (Å²) in [4.78, 5) is 0. The van der Waals surface area contributed by atoms with E-state index < -0.39 is 19.4 Å². The first-order valence-electron chi connectivity index (χ1n) is 5.75. The summed E-state index contributed by atoms with van der Waals surface area (Å²) in [6.45, 7) is 6.50. The molecule has 2 aliphatic rings. The second-order valence-corrected chi connectivity index (χ2v) is 11.6. The molecule has 0 heterocycles. The highest BCUT2D eigenvalue weighted by atomic mass is 28.3. The summed E-state index contributed by atoms with van der Waals surface area (Å²) in [5.41, 5.74) is 0. The fourth-order valence-corrected chi connectivity index (χ4v) is 5.31. The molecule has 0 aromatic carbocycles. The third-order valence-electron chi connectivity index (χ3n) is 4.42. The van der Waals surface area contributed by atoms with Crippen LogP contribution in [0.25, 0.3) is 0 Å². The lowest BCUT2D eigenvalue weighted by Crippen LogP contribution is -2.63. The van der Waals surface area contributed by atoms with Crippen LogP contribution in [-0.4, -0.2) is 29.6 Å². The predicted octanol–water partition coefficient (Wildman–Crippen LogP) is 1.78. The molecule has 2 bridgehead atoms. The zero-order valence-electron chi connectivity index (χ0n) is 9.45. The molecule has 4 atom stereocenters. The fraction of sp³-hybridized carbons (Fsp3) is 1.00. The summed E-state index contributed by atoms with van der Waals surface area (Å²) < 4.78 is 0. The summed E-state index contributed by atoms with van der Waals surface area (Å²) in [6, 6.07) is 0. The molecule has 3 heteroatoms. The summed E-state index contributed by atoms with van der Waals surface area (Å²) in [7, 11) is -1.68. The average Bonchev–Trinajstić information content (AvgIpc) is 2.44. The molecule has 14 heavy (non-hydrogen) atoms. The Morgan fingerprint density at radius 3 is 2.43 bits per heavy atom. The zero-order chi connectivity index (χ0) is 10.6. The van der Waals surface area contributed by atoms with Crippen LogP contribution in [0.5, 0.6) is 0 Å². The van der Waals surface area contributed by atoms with Crippen molar-refractivity contribution in [2.24, 2.45) is 11.8 Å². The Morgan fingerprint density at radius 2 is 1.86 bits per heavy atom. The van der Waals surface area contributed by atoms with Gasteiger partial charge in [0.2, 0.25) is 0 Å². The fourth-order valence-electron chi connectivity index (χ4n) is 3.29. The number of rotatable bonds is 1. The molecule has 0 aromatic rings. The number of hydrogen-bond donors (Lipinski definition) is 2. The molecule has 0 radical (unpaired) electrons. The van der Waals surface area contributed by atoms with Crippen LogP contribution in [0.2, 0.25) is 19.6 Å². The molecule has 2 saturated carbocycles. The standard InChI is InChI=1S/C11H22O2Si/c1-14(2,3)11(13)7-8-4-5-9(6-8)10(11)12/h8-10,12-13H,4-7H2,1-3H3. The normalized spacial score (nSPS) is 48.2. The Labute approximate surface area is 87.3 Å². The highest BCUT2D eigenvalue weighted by Crippen LogP contribution is 2.49. The van der Waals surface area contributed by atoms with Crippen LogP contribution in [0.4, 0.5) is 0 Å². The van der Waals surface area contributed by atoms with Crippen LogP contribution in [0, 0.1) is 11.8 Å². The first kappa shape index (κ1) is 10.6.